The molecule has 6 rings (SSSR count). The highest BCUT2D eigenvalue weighted by molar-refractivity contribution is 5.93. The lowest BCUT2D eigenvalue weighted by Gasteiger charge is -2.34. The van der Waals surface area contributed by atoms with Crippen molar-refractivity contribution < 1.29 is 18.6 Å². The molecule has 2 unspecified atom stereocenters. The van der Waals surface area contributed by atoms with Gasteiger partial charge in [0.15, 0.2) is 11.6 Å². The highest BCUT2D eigenvalue weighted by Crippen LogP contribution is 2.36. The maximum Gasteiger partial charge on any atom is 0.319 e. The van der Waals surface area contributed by atoms with Gasteiger partial charge in [0, 0.05) is 36.6 Å². The zero-order valence-electron chi connectivity index (χ0n) is 19.7. The predicted octanol–water partition coefficient (Wildman–Crippen LogP) is 3.69. The van der Waals surface area contributed by atoms with E-state index in [1.807, 2.05) is 0 Å². The van der Waals surface area contributed by atoms with E-state index in [4.69, 9.17) is 9.72 Å². The topological polar surface area (TPSA) is 73.8 Å². The van der Waals surface area contributed by atoms with Crippen molar-refractivity contribution in [2.45, 2.75) is 43.8 Å². The van der Waals surface area contributed by atoms with E-state index in [9.17, 15) is 13.9 Å². The predicted molar refractivity (Wildman–Crippen MR) is 130 cm³/mol. The lowest BCUT2D eigenvalue weighted by Crippen LogP contribution is -2.51. The SMILES string of the molecule is CN1CCC[C@H]1COc1nc(N2CC3CCC(C2)N3)c2ccc(-c3c(F)ccc(O)c3F)cc2n1. The minimum atomic E-state index is -0.988. The van der Waals surface area contributed by atoms with Crippen LogP contribution in [0, 0.1) is 11.6 Å². The molecule has 0 aliphatic carbocycles. The maximum absolute atomic E-state index is 14.7. The second-order valence-electron chi connectivity index (χ2n) is 9.95. The summed E-state index contributed by atoms with van der Waals surface area (Å²) < 4.78 is 35.3. The monoisotopic (exact) mass is 481 g/mol. The second-order valence-corrected chi connectivity index (χ2v) is 9.95. The third kappa shape index (κ3) is 4.16. The minimum absolute atomic E-state index is 0.271. The van der Waals surface area contributed by atoms with Crippen LogP contribution in [0.1, 0.15) is 25.7 Å². The van der Waals surface area contributed by atoms with E-state index in [0.717, 1.165) is 68.7 Å². The van der Waals surface area contributed by atoms with E-state index in [2.05, 4.69) is 27.1 Å². The molecule has 3 aromatic rings. The molecule has 35 heavy (non-hydrogen) atoms. The van der Waals surface area contributed by atoms with Gasteiger partial charge in [0.1, 0.15) is 18.2 Å². The van der Waals surface area contributed by atoms with Crippen molar-refractivity contribution >= 4 is 16.7 Å². The fourth-order valence-electron chi connectivity index (χ4n) is 5.69. The number of phenolic OH excluding ortho intramolecular Hbond substituents is 1. The summed E-state index contributed by atoms with van der Waals surface area (Å²) in [5, 5.41) is 14.3. The number of aromatic hydroxyl groups is 1. The van der Waals surface area contributed by atoms with Crippen molar-refractivity contribution in [3.8, 4) is 22.9 Å². The van der Waals surface area contributed by atoms with Crippen molar-refractivity contribution in [3.05, 3.63) is 42.0 Å². The largest absolute Gasteiger partial charge is 0.505 e. The number of likely N-dealkylation sites (N-methyl/N-ethyl adjacent to an activating group) is 1. The number of likely N-dealkylation sites (tertiary alicyclic amines) is 1. The molecule has 3 aliphatic rings. The number of piperazine rings is 1. The standard InChI is InChI=1S/C26H29F2N5O2/c1-32-10-2-3-18(32)14-35-26-30-21-11-15(23-20(27)8-9-22(34)24(23)28)4-7-19(21)25(31-26)33-12-16-5-6-17(13-33)29-16/h4,7-9,11,16-18,29,34H,2-3,5-6,10,12-14H2,1H3/t16?,17?,18-/m0/s1. The molecule has 0 radical (unpaired) electrons. The van der Waals surface area contributed by atoms with Crippen molar-refractivity contribution in [2.24, 2.45) is 0 Å². The summed E-state index contributed by atoms with van der Waals surface area (Å²) in [6.45, 7) is 3.21. The third-order valence-corrected chi connectivity index (χ3v) is 7.61. The molecule has 4 heterocycles. The Morgan fingerprint density at radius 2 is 1.89 bits per heavy atom. The first kappa shape index (κ1) is 22.4. The Morgan fingerprint density at radius 1 is 1.09 bits per heavy atom. The number of fused-ring (bicyclic) bond motifs is 3. The normalized spacial score (nSPS) is 24.4. The number of halogens is 2. The second kappa shape index (κ2) is 8.87. The fraction of sp³-hybridized carbons (Fsp3) is 0.462. The number of ether oxygens (including phenoxy) is 1. The van der Waals surface area contributed by atoms with Gasteiger partial charge in [-0.05, 0) is 69.1 Å². The summed E-state index contributed by atoms with van der Waals surface area (Å²) in [5.41, 5.74) is 0.576. The summed E-state index contributed by atoms with van der Waals surface area (Å²) in [6, 6.07) is 8.61. The molecule has 0 saturated carbocycles. The number of benzene rings is 2. The molecule has 3 aliphatic heterocycles. The lowest BCUT2D eigenvalue weighted by atomic mass is 10.0. The van der Waals surface area contributed by atoms with Gasteiger partial charge in [0.2, 0.25) is 0 Å². The molecule has 2 N–H and O–H groups in total. The van der Waals surface area contributed by atoms with Gasteiger partial charge < -0.3 is 25.0 Å². The van der Waals surface area contributed by atoms with E-state index >= 15 is 0 Å². The van der Waals surface area contributed by atoms with Crippen molar-refractivity contribution in [1.82, 2.24) is 20.2 Å². The number of anilines is 1. The van der Waals surface area contributed by atoms with Crippen LogP contribution in [0.3, 0.4) is 0 Å². The molecule has 3 saturated heterocycles. The highest BCUT2D eigenvalue weighted by atomic mass is 19.1. The average Bonchev–Trinajstić information content (AvgIpc) is 3.42. The molecular formula is C26H29F2N5O2. The molecule has 184 valence electrons. The number of phenols is 1. The van der Waals surface area contributed by atoms with Crippen LogP contribution in [-0.2, 0) is 0 Å². The van der Waals surface area contributed by atoms with E-state index in [1.54, 1.807) is 18.2 Å². The highest BCUT2D eigenvalue weighted by Gasteiger charge is 2.34. The Bertz CT molecular complexity index is 1260. The number of nitrogens with one attached hydrogen (secondary N) is 1. The Kier molecular flexibility index (Phi) is 5.69. The summed E-state index contributed by atoms with van der Waals surface area (Å²) >= 11 is 0. The summed E-state index contributed by atoms with van der Waals surface area (Å²) in [7, 11) is 2.09. The first-order chi connectivity index (χ1) is 17.0. The number of nitrogens with zero attached hydrogens (tertiary/aromatic N) is 4. The van der Waals surface area contributed by atoms with E-state index in [1.165, 1.54) is 0 Å². The van der Waals surface area contributed by atoms with Gasteiger partial charge in [-0.3, -0.25) is 0 Å². The van der Waals surface area contributed by atoms with Crippen LogP contribution in [0.25, 0.3) is 22.0 Å². The lowest BCUT2D eigenvalue weighted by molar-refractivity contribution is 0.188. The van der Waals surface area contributed by atoms with E-state index in [-0.39, 0.29) is 11.6 Å². The van der Waals surface area contributed by atoms with E-state index in [0.29, 0.717) is 35.8 Å². The Morgan fingerprint density at radius 3 is 2.63 bits per heavy atom. The van der Waals surface area contributed by atoms with Crippen molar-refractivity contribution in [1.29, 1.82) is 0 Å². The molecule has 0 amide bonds. The van der Waals surface area contributed by atoms with Crippen LogP contribution in [0.15, 0.2) is 30.3 Å². The van der Waals surface area contributed by atoms with Crippen molar-refractivity contribution in [2.75, 3.05) is 38.2 Å². The summed E-state index contributed by atoms with van der Waals surface area (Å²) in [6.07, 6.45) is 4.49. The molecule has 3 fully saturated rings. The van der Waals surface area contributed by atoms with Crippen molar-refractivity contribution in [3.63, 3.8) is 0 Å². The maximum atomic E-state index is 14.7. The summed E-state index contributed by atoms with van der Waals surface area (Å²) in [5.74, 6) is -1.54. The Hall–Kier alpha value is -3.04. The molecule has 0 spiro atoms. The van der Waals surface area contributed by atoms with Crippen LogP contribution in [0.4, 0.5) is 14.6 Å². The number of aromatic nitrogens is 2. The molecule has 7 nitrogen and oxygen atoms in total. The van der Waals surface area contributed by atoms with Crippen LogP contribution < -0.4 is 15.0 Å². The van der Waals surface area contributed by atoms with Gasteiger partial charge in [0.05, 0.1) is 11.1 Å². The first-order valence-electron chi connectivity index (χ1n) is 12.3. The minimum Gasteiger partial charge on any atom is -0.505 e. The number of rotatable bonds is 5. The molecule has 1 aromatic heterocycles. The van der Waals surface area contributed by atoms with Crippen LogP contribution >= 0.6 is 0 Å². The van der Waals surface area contributed by atoms with Crippen LogP contribution in [0.5, 0.6) is 11.8 Å². The Labute approximate surface area is 202 Å². The van der Waals surface area contributed by atoms with Crippen LogP contribution in [0.2, 0.25) is 0 Å². The molecule has 2 aromatic carbocycles. The van der Waals surface area contributed by atoms with E-state index < -0.39 is 17.4 Å². The smallest absolute Gasteiger partial charge is 0.319 e. The number of hydrogen-bond acceptors (Lipinski definition) is 7. The van der Waals surface area contributed by atoms with Gasteiger partial charge >= 0.3 is 6.01 Å². The van der Waals surface area contributed by atoms with Gasteiger partial charge in [-0.2, -0.15) is 9.97 Å². The number of hydrogen-bond donors (Lipinski definition) is 2. The van der Waals surface area contributed by atoms with Gasteiger partial charge in [-0.1, -0.05) is 6.07 Å². The first-order valence-corrected chi connectivity index (χ1v) is 12.3. The zero-order chi connectivity index (χ0) is 24.1. The van der Waals surface area contributed by atoms with Gasteiger partial charge in [-0.25, -0.2) is 8.78 Å². The quantitative estimate of drug-likeness (QED) is 0.576. The zero-order valence-corrected chi connectivity index (χ0v) is 19.7. The average molecular weight is 482 g/mol. The molecular weight excluding hydrogens is 452 g/mol. The fourth-order valence-corrected chi connectivity index (χ4v) is 5.69. The molecule has 9 heteroatoms. The van der Waals surface area contributed by atoms with Gasteiger partial charge in [-0.15, -0.1) is 0 Å². The Balaban J connectivity index is 1.42. The molecule has 2 bridgehead atoms. The summed E-state index contributed by atoms with van der Waals surface area (Å²) in [4.78, 5) is 14.0. The molecule has 3 atom stereocenters. The van der Waals surface area contributed by atoms with Gasteiger partial charge in [0.25, 0.3) is 0 Å². The third-order valence-electron chi connectivity index (χ3n) is 7.61. The van der Waals surface area contributed by atoms with Crippen LogP contribution in [-0.4, -0.2) is 71.4 Å².